The second-order valence-electron chi connectivity index (χ2n) is 7.12. The van der Waals surface area contributed by atoms with Gasteiger partial charge in [-0.15, -0.1) is 0 Å². The molecule has 2 atom stereocenters. The number of amides is 3. The number of hydrogen-bond acceptors (Lipinski definition) is 3. The minimum absolute atomic E-state index is 0.00860. The molecule has 3 amide bonds. The molecule has 3 rings (SSSR count). The van der Waals surface area contributed by atoms with Gasteiger partial charge in [-0.25, -0.2) is 4.79 Å². The first-order chi connectivity index (χ1) is 12.1. The average molecular weight is 344 g/mol. The van der Waals surface area contributed by atoms with Gasteiger partial charge in [0.15, 0.2) is 0 Å². The van der Waals surface area contributed by atoms with E-state index in [1.807, 2.05) is 36.1 Å². The molecule has 6 heteroatoms. The van der Waals surface area contributed by atoms with Crippen LogP contribution in [0.3, 0.4) is 0 Å². The number of fused-ring (bicyclic) bond motifs is 1. The second kappa shape index (κ2) is 7.87. The molecular formula is C19H28N4O2. The van der Waals surface area contributed by atoms with Crippen molar-refractivity contribution in [2.45, 2.75) is 38.8 Å². The van der Waals surface area contributed by atoms with Gasteiger partial charge in [-0.1, -0.05) is 19.1 Å². The number of piperidine rings is 1. The van der Waals surface area contributed by atoms with Gasteiger partial charge in [0.2, 0.25) is 5.91 Å². The third kappa shape index (κ3) is 4.31. The summed E-state index contributed by atoms with van der Waals surface area (Å²) >= 11 is 0. The molecule has 0 unspecified atom stereocenters. The largest absolute Gasteiger partial charge is 0.334 e. The van der Waals surface area contributed by atoms with Crippen LogP contribution in [0.1, 0.15) is 31.7 Å². The minimum atomic E-state index is -0.00860. The van der Waals surface area contributed by atoms with Crippen molar-refractivity contribution >= 4 is 17.6 Å². The number of nitrogens with zero attached hydrogens (tertiary/aromatic N) is 2. The Morgan fingerprint density at radius 1 is 1.24 bits per heavy atom. The molecular weight excluding hydrogens is 316 g/mol. The van der Waals surface area contributed by atoms with Crippen molar-refractivity contribution in [1.82, 2.24) is 15.1 Å². The predicted octanol–water partition coefficient (Wildman–Crippen LogP) is 2.27. The number of likely N-dealkylation sites (tertiary alicyclic amines) is 2. The van der Waals surface area contributed by atoms with Crippen LogP contribution < -0.4 is 10.6 Å². The van der Waals surface area contributed by atoms with E-state index in [0.29, 0.717) is 24.9 Å². The fourth-order valence-electron chi connectivity index (χ4n) is 3.84. The SMILES string of the molecule is CCC(=O)Nc1cccc(CNC(=O)N2CC[C@@H]3CCN(C)C[C@@H]32)c1. The number of carbonyl (C=O) groups excluding carboxylic acids is 2. The van der Waals surface area contributed by atoms with E-state index in [2.05, 4.69) is 22.6 Å². The molecule has 0 radical (unpaired) electrons. The van der Waals surface area contributed by atoms with E-state index in [9.17, 15) is 9.59 Å². The molecule has 0 aromatic heterocycles. The Morgan fingerprint density at radius 3 is 2.84 bits per heavy atom. The number of hydrogen-bond donors (Lipinski definition) is 2. The molecule has 2 fully saturated rings. The summed E-state index contributed by atoms with van der Waals surface area (Å²) in [6.07, 6.45) is 2.75. The monoisotopic (exact) mass is 344 g/mol. The standard InChI is InChI=1S/C19H28N4O2/c1-3-18(24)21-16-6-4-5-14(11-16)12-20-19(25)23-10-8-15-7-9-22(2)13-17(15)23/h4-6,11,15,17H,3,7-10,12-13H2,1-2H3,(H,20,25)(H,21,24)/t15-,17-/m0/s1. The van der Waals surface area contributed by atoms with Crippen molar-refractivity contribution in [2.24, 2.45) is 5.92 Å². The summed E-state index contributed by atoms with van der Waals surface area (Å²) < 4.78 is 0. The number of benzene rings is 1. The van der Waals surface area contributed by atoms with Crippen LogP contribution in [0.15, 0.2) is 24.3 Å². The van der Waals surface area contributed by atoms with E-state index in [4.69, 9.17) is 0 Å². The quantitative estimate of drug-likeness (QED) is 0.881. The molecule has 0 spiro atoms. The normalized spacial score (nSPS) is 23.2. The van der Waals surface area contributed by atoms with E-state index >= 15 is 0 Å². The summed E-state index contributed by atoms with van der Waals surface area (Å²) in [5, 5.41) is 5.89. The molecule has 1 aromatic rings. The average Bonchev–Trinajstić information content (AvgIpc) is 3.03. The van der Waals surface area contributed by atoms with Gasteiger partial charge < -0.3 is 20.4 Å². The highest BCUT2D eigenvalue weighted by Crippen LogP contribution is 2.31. The van der Waals surface area contributed by atoms with Crippen molar-refractivity contribution < 1.29 is 9.59 Å². The van der Waals surface area contributed by atoms with Gasteiger partial charge in [0, 0.05) is 37.8 Å². The van der Waals surface area contributed by atoms with Crippen molar-refractivity contribution in [3.8, 4) is 0 Å². The van der Waals surface area contributed by atoms with Gasteiger partial charge in [-0.3, -0.25) is 4.79 Å². The van der Waals surface area contributed by atoms with E-state index < -0.39 is 0 Å². The first-order valence-corrected chi connectivity index (χ1v) is 9.18. The third-order valence-electron chi connectivity index (χ3n) is 5.30. The molecule has 6 nitrogen and oxygen atoms in total. The Labute approximate surface area is 149 Å². The van der Waals surface area contributed by atoms with Gasteiger partial charge >= 0.3 is 6.03 Å². The number of likely N-dealkylation sites (N-methyl/N-ethyl adjacent to an activating group) is 1. The lowest BCUT2D eigenvalue weighted by Crippen LogP contribution is -2.51. The zero-order chi connectivity index (χ0) is 17.8. The summed E-state index contributed by atoms with van der Waals surface area (Å²) in [7, 11) is 2.13. The Kier molecular flexibility index (Phi) is 5.58. The zero-order valence-corrected chi connectivity index (χ0v) is 15.1. The van der Waals surface area contributed by atoms with Crippen LogP contribution in [0.5, 0.6) is 0 Å². The Bertz CT molecular complexity index is 634. The van der Waals surface area contributed by atoms with Gasteiger partial charge in [0.25, 0.3) is 0 Å². The highest BCUT2D eigenvalue weighted by atomic mass is 16.2. The van der Waals surface area contributed by atoms with Gasteiger partial charge in [-0.2, -0.15) is 0 Å². The van der Waals surface area contributed by atoms with E-state index in [1.165, 1.54) is 6.42 Å². The number of anilines is 1. The number of urea groups is 1. The molecule has 2 saturated heterocycles. The van der Waals surface area contributed by atoms with Crippen molar-refractivity contribution in [3.05, 3.63) is 29.8 Å². The maximum absolute atomic E-state index is 12.6. The Hall–Kier alpha value is -2.08. The number of nitrogens with one attached hydrogen (secondary N) is 2. The maximum Gasteiger partial charge on any atom is 0.317 e. The topological polar surface area (TPSA) is 64.7 Å². The molecule has 0 saturated carbocycles. The maximum atomic E-state index is 12.6. The summed E-state index contributed by atoms with van der Waals surface area (Å²) in [5.41, 5.74) is 1.76. The molecule has 0 bridgehead atoms. The van der Waals surface area contributed by atoms with E-state index in [-0.39, 0.29) is 11.9 Å². The Balaban J connectivity index is 1.55. The van der Waals surface area contributed by atoms with Gasteiger partial charge in [0.1, 0.15) is 0 Å². The van der Waals surface area contributed by atoms with E-state index in [0.717, 1.165) is 37.3 Å². The summed E-state index contributed by atoms with van der Waals surface area (Å²) in [6, 6.07) is 7.99. The zero-order valence-electron chi connectivity index (χ0n) is 15.1. The summed E-state index contributed by atoms with van der Waals surface area (Å²) in [6.45, 7) is 5.24. The van der Waals surface area contributed by atoms with Crippen molar-refractivity contribution in [1.29, 1.82) is 0 Å². The van der Waals surface area contributed by atoms with E-state index in [1.54, 1.807) is 0 Å². The third-order valence-corrected chi connectivity index (χ3v) is 5.30. The first-order valence-electron chi connectivity index (χ1n) is 9.18. The Morgan fingerprint density at radius 2 is 2.04 bits per heavy atom. The number of carbonyl (C=O) groups is 2. The molecule has 2 aliphatic rings. The van der Waals surface area contributed by atoms with Crippen LogP contribution in [0.25, 0.3) is 0 Å². The fraction of sp³-hybridized carbons (Fsp3) is 0.579. The van der Waals surface area contributed by atoms with Crippen LogP contribution >= 0.6 is 0 Å². The van der Waals surface area contributed by atoms with Crippen molar-refractivity contribution in [2.75, 3.05) is 32.0 Å². The summed E-state index contributed by atoms with van der Waals surface area (Å²) in [4.78, 5) is 28.4. The lowest BCUT2D eigenvalue weighted by atomic mass is 9.92. The predicted molar refractivity (Wildman–Crippen MR) is 98.3 cm³/mol. The second-order valence-corrected chi connectivity index (χ2v) is 7.12. The summed E-state index contributed by atoms with van der Waals surface area (Å²) in [5.74, 6) is 0.639. The van der Waals surface area contributed by atoms with Gasteiger partial charge in [0.05, 0.1) is 0 Å². The molecule has 25 heavy (non-hydrogen) atoms. The smallest absolute Gasteiger partial charge is 0.317 e. The van der Waals surface area contributed by atoms with Crippen LogP contribution in [0, 0.1) is 5.92 Å². The molecule has 1 aromatic carbocycles. The highest BCUT2D eigenvalue weighted by Gasteiger charge is 2.39. The lowest BCUT2D eigenvalue weighted by molar-refractivity contribution is -0.115. The van der Waals surface area contributed by atoms with Crippen LogP contribution in [0.2, 0.25) is 0 Å². The van der Waals surface area contributed by atoms with Crippen LogP contribution in [0.4, 0.5) is 10.5 Å². The molecule has 2 heterocycles. The molecule has 136 valence electrons. The van der Waals surface area contributed by atoms with Gasteiger partial charge in [-0.05, 0) is 50.0 Å². The molecule has 2 N–H and O–H groups in total. The van der Waals surface area contributed by atoms with Crippen molar-refractivity contribution in [3.63, 3.8) is 0 Å². The molecule has 2 aliphatic heterocycles. The fourth-order valence-corrected chi connectivity index (χ4v) is 3.84. The molecule has 0 aliphatic carbocycles. The first kappa shape index (κ1) is 17.7. The highest BCUT2D eigenvalue weighted by molar-refractivity contribution is 5.90. The number of rotatable bonds is 4. The lowest BCUT2D eigenvalue weighted by Gasteiger charge is -2.36. The van der Waals surface area contributed by atoms with Crippen LogP contribution in [-0.4, -0.2) is 54.5 Å². The minimum Gasteiger partial charge on any atom is -0.334 e. The van der Waals surface area contributed by atoms with Crippen LogP contribution in [-0.2, 0) is 11.3 Å².